The molecule has 0 aliphatic carbocycles. The summed E-state index contributed by atoms with van der Waals surface area (Å²) in [4.78, 5) is 15.3. The SMILES string of the molecule is Cc1ccc(S(=O)(=O)N(CC(=O)NN=C2CCN(Cc3ccccc3)CC2)c2ccccc2)cc1. The van der Waals surface area contributed by atoms with Gasteiger partial charge in [-0.2, -0.15) is 5.10 Å². The molecule has 1 saturated heterocycles. The Labute approximate surface area is 207 Å². The number of piperidine rings is 1. The predicted molar refractivity (Wildman–Crippen MR) is 139 cm³/mol. The first kappa shape index (κ1) is 24.6. The second kappa shape index (κ2) is 11.3. The molecule has 3 aromatic rings. The molecule has 1 N–H and O–H groups in total. The minimum Gasteiger partial charge on any atom is -0.298 e. The lowest BCUT2D eigenvalue weighted by Gasteiger charge is -2.27. The van der Waals surface area contributed by atoms with E-state index in [1.54, 1.807) is 54.6 Å². The van der Waals surface area contributed by atoms with Crippen molar-refractivity contribution < 1.29 is 13.2 Å². The van der Waals surface area contributed by atoms with Crippen LogP contribution in [-0.4, -0.2) is 44.6 Å². The fraction of sp³-hybridized carbons (Fsp3) is 0.259. The number of anilines is 1. The van der Waals surface area contributed by atoms with Gasteiger partial charge in [-0.15, -0.1) is 0 Å². The van der Waals surface area contributed by atoms with Crippen LogP contribution in [0.1, 0.15) is 24.0 Å². The van der Waals surface area contributed by atoms with E-state index in [0.717, 1.165) is 48.1 Å². The molecule has 1 heterocycles. The van der Waals surface area contributed by atoms with Crippen LogP contribution in [0.25, 0.3) is 0 Å². The van der Waals surface area contributed by atoms with Gasteiger partial charge in [0.15, 0.2) is 0 Å². The first-order valence-electron chi connectivity index (χ1n) is 11.7. The minimum atomic E-state index is -3.93. The third-order valence-electron chi connectivity index (χ3n) is 5.96. The van der Waals surface area contributed by atoms with E-state index in [-0.39, 0.29) is 11.4 Å². The Morgan fingerprint density at radius 1 is 0.914 bits per heavy atom. The first-order valence-corrected chi connectivity index (χ1v) is 13.1. The highest BCUT2D eigenvalue weighted by Crippen LogP contribution is 2.23. The monoisotopic (exact) mass is 490 g/mol. The van der Waals surface area contributed by atoms with Gasteiger partial charge in [0.05, 0.1) is 10.6 Å². The van der Waals surface area contributed by atoms with Gasteiger partial charge in [0, 0.05) is 38.2 Å². The number of hydrazone groups is 1. The summed E-state index contributed by atoms with van der Waals surface area (Å²) in [5, 5.41) is 4.31. The number of nitrogens with zero attached hydrogens (tertiary/aromatic N) is 3. The number of hydrogen-bond donors (Lipinski definition) is 1. The van der Waals surface area contributed by atoms with Crippen LogP contribution in [0.5, 0.6) is 0 Å². The summed E-state index contributed by atoms with van der Waals surface area (Å²) in [6.07, 6.45) is 1.52. The lowest BCUT2D eigenvalue weighted by Crippen LogP contribution is -2.40. The maximum Gasteiger partial charge on any atom is 0.264 e. The second-order valence-corrected chi connectivity index (χ2v) is 10.5. The topological polar surface area (TPSA) is 82.1 Å². The number of hydrogen-bond acceptors (Lipinski definition) is 5. The van der Waals surface area contributed by atoms with Crippen molar-refractivity contribution >= 4 is 27.3 Å². The number of carbonyl (C=O) groups is 1. The van der Waals surface area contributed by atoms with Crippen LogP contribution < -0.4 is 9.73 Å². The molecule has 0 atom stereocenters. The molecule has 0 saturated carbocycles. The van der Waals surface area contributed by atoms with Gasteiger partial charge in [-0.05, 0) is 36.8 Å². The molecule has 3 aromatic carbocycles. The number of rotatable bonds is 8. The van der Waals surface area contributed by atoms with Gasteiger partial charge >= 0.3 is 0 Å². The van der Waals surface area contributed by atoms with Crippen LogP contribution >= 0.6 is 0 Å². The maximum atomic E-state index is 13.4. The smallest absolute Gasteiger partial charge is 0.264 e. The minimum absolute atomic E-state index is 0.136. The van der Waals surface area contributed by atoms with E-state index in [4.69, 9.17) is 0 Å². The number of benzene rings is 3. The summed E-state index contributed by atoms with van der Waals surface area (Å²) < 4.78 is 27.9. The van der Waals surface area contributed by atoms with Gasteiger partial charge in [0.2, 0.25) is 0 Å². The summed E-state index contributed by atoms with van der Waals surface area (Å²) >= 11 is 0. The molecule has 1 aliphatic heterocycles. The van der Waals surface area contributed by atoms with E-state index in [9.17, 15) is 13.2 Å². The van der Waals surface area contributed by atoms with Crippen LogP contribution in [-0.2, 0) is 21.4 Å². The summed E-state index contributed by atoms with van der Waals surface area (Å²) in [5.74, 6) is -0.483. The number of amides is 1. The molecule has 8 heteroatoms. The third-order valence-corrected chi connectivity index (χ3v) is 7.75. The van der Waals surface area contributed by atoms with Crippen LogP contribution in [0.4, 0.5) is 5.69 Å². The molecular weight excluding hydrogens is 460 g/mol. The Morgan fingerprint density at radius 3 is 2.14 bits per heavy atom. The Kier molecular flexibility index (Phi) is 7.94. The van der Waals surface area contributed by atoms with Gasteiger partial charge in [-0.3, -0.25) is 14.0 Å². The van der Waals surface area contributed by atoms with Crippen molar-refractivity contribution in [3.63, 3.8) is 0 Å². The summed E-state index contributed by atoms with van der Waals surface area (Å²) in [7, 11) is -3.93. The Balaban J connectivity index is 1.40. The van der Waals surface area contributed by atoms with Crippen molar-refractivity contribution in [1.82, 2.24) is 10.3 Å². The van der Waals surface area contributed by atoms with Crippen molar-refractivity contribution in [3.8, 4) is 0 Å². The lowest BCUT2D eigenvalue weighted by molar-refractivity contribution is -0.119. The van der Waals surface area contributed by atoms with Crippen molar-refractivity contribution in [2.45, 2.75) is 31.2 Å². The highest BCUT2D eigenvalue weighted by atomic mass is 32.2. The molecule has 0 radical (unpaired) electrons. The van der Waals surface area contributed by atoms with Crippen LogP contribution in [0.2, 0.25) is 0 Å². The molecule has 7 nitrogen and oxygen atoms in total. The second-order valence-electron chi connectivity index (χ2n) is 8.64. The molecule has 1 amide bonds. The van der Waals surface area contributed by atoms with Crippen molar-refractivity contribution in [2.75, 3.05) is 23.9 Å². The third kappa shape index (κ3) is 6.55. The van der Waals surface area contributed by atoms with E-state index in [1.807, 2.05) is 25.1 Å². The van der Waals surface area contributed by atoms with Gasteiger partial charge in [0.1, 0.15) is 6.54 Å². The van der Waals surface area contributed by atoms with E-state index in [2.05, 4.69) is 27.6 Å². The first-order chi connectivity index (χ1) is 16.9. The lowest BCUT2D eigenvalue weighted by atomic mass is 10.1. The summed E-state index contributed by atoms with van der Waals surface area (Å²) in [6.45, 7) is 4.15. The number of para-hydroxylation sites is 1. The molecule has 0 spiro atoms. The number of nitrogens with one attached hydrogen (secondary N) is 1. The molecule has 0 aromatic heterocycles. The Morgan fingerprint density at radius 2 is 1.51 bits per heavy atom. The number of likely N-dealkylation sites (tertiary alicyclic amines) is 1. The van der Waals surface area contributed by atoms with Crippen LogP contribution in [0.3, 0.4) is 0 Å². The fourth-order valence-corrected chi connectivity index (χ4v) is 5.40. The zero-order valence-electron chi connectivity index (χ0n) is 19.8. The molecule has 0 unspecified atom stereocenters. The fourth-order valence-electron chi connectivity index (χ4n) is 3.98. The molecule has 35 heavy (non-hydrogen) atoms. The maximum absolute atomic E-state index is 13.4. The molecule has 0 bridgehead atoms. The molecule has 182 valence electrons. The molecule has 1 aliphatic rings. The Hall–Kier alpha value is -3.49. The highest BCUT2D eigenvalue weighted by molar-refractivity contribution is 7.92. The van der Waals surface area contributed by atoms with Crippen LogP contribution in [0.15, 0.2) is 94.9 Å². The quantitative estimate of drug-likeness (QED) is 0.485. The number of sulfonamides is 1. The van der Waals surface area contributed by atoms with Gasteiger partial charge in [-0.1, -0.05) is 66.2 Å². The van der Waals surface area contributed by atoms with E-state index < -0.39 is 15.9 Å². The largest absolute Gasteiger partial charge is 0.298 e. The highest BCUT2D eigenvalue weighted by Gasteiger charge is 2.27. The van der Waals surface area contributed by atoms with Gasteiger partial charge < -0.3 is 0 Å². The average Bonchev–Trinajstić information content (AvgIpc) is 2.88. The van der Waals surface area contributed by atoms with E-state index in [1.165, 1.54) is 5.56 Å². The van der Waals surface area contributed by atoms with Crippen molar-refractivity contribution in [1.29, 1.82) is 0 Å². The predicted octanol–water partition coefficient (Wildman–Crippen LogP) is 3.96. The van der Waals surface area contributed by atoms with E-state index >= 15 is 0 Å². The zero-order chi connectivity index (χ0) is 24.7. The average molecular weight is 491 g/mol. The normalized spacial score (nSPS) is 14.4. The van der Waals surface area contributed by atoms with E-state index in [0.29, 0.717) is 5.69 Å². The van der Waals surface area contributed by atoms with Gasteiger partial charge in [-0.25, -0.2) is 13.8 Å². The zero-order valence-corrected chi connectivity index (χ0v) is 20.6. The Bertz CT molecular complexity index is 1250. The number of aryl methyl sites for hydroxylation is 1. The molecule has 4 rings (SSSR count). The molecular formula is C27H30N4O3S. The van der Waals surface area contributed by atoms with Gasteiger partial charge in [0.25, 0.3) is 15.9 Å². The van der Waals surface area contributed by atoms with Crippen molar-refractivity contribution in [2.24, 2.45) is 5.10 Å². The molecule has 1 fully saturated rings. The van der Waals surface area contributed by atoms with Crippen molar-refractivity contribution in [3.05, 3.63) is 96.1 Å². The summed E-state index contributed by atoms with van der Waals surface area (Å²) in [5.41, 5.74) is 6.14. The summed E-state index contributed by atoms with van der Waals surface area (Å²) in [6, 6.07) is 25.6. The van der Waals surface area contributed by atoms with Crippen LogP contribution in [0, 0.1) is 6.92 Å². The number of carbonyl (C=O) groups excluding carboxylic acids is 1. The standard InChI is InChI=1S/C27H30N4O3S/c1-22-12-14-26(15-13-22)35(33,34)31(25-10-6-3-7-11-25)21-27(32)29-28-24-16-18-30(19-17-24)20-23-8-4-2-5-9-23/h2-15H,16-21H2,1H3,(H,29,32).